The smallest absolute Gasteiger partial charge is 0.243 e. The monoisotopic (exact) mass is 335 g/mol. The Morgan fingerprint density at radius 2 is 2.09 bits per heavy atom. The molecule has 1 aromatic carbocycles. The van der Waals surface area contributed by atoms with Gasteiger partial charge in [0.1, 0.15) is 0 Å². The highest BCUT2D eigenvalue weighted by Gasteiger charge is 2.35. The molecule has 0 unspecified atom stereocenters. The Hall–Kier alpha value is -1.70. The summed E-state index contributed by atoms with van der Waals surface area (Å²) >= 11 is 0. The minimum atomic E-state index is -3.54. The van der Waals surface area contributed by atoms with Gasteiger partial charge in [-0.3, -0.25) is 4.68 Å². The SMILES string of the molecule is COC[C@H]1CN(S(=O)(=O)c2ccccc2C)Cc2cn(C)nc21. The zero-order valence-corrected chi connectivity index (χ0v) is 14.4. The van der Waals surface area contributed by atoms with E-state index in [1.807, 2.05) is 32.3 Å². The van der Waals surface area contributed by atoms with Crippen LogP contribution in [0.2, 0.25) is 0 Å². The topological polar surface area (TPSA) is 64.4 Å². The summed E-state index contributed by atoms with van der Waals surface area (Å²) in [6.45, 7) is 3.00. The average molecular weight is 335 g/mol. The summed E-state index contributed by atoms with van der Waals surface area (Å²) < 4.78 is 34.6. The summed E-state index contributed by atoms with van der Waals surface area (Å²) in [6.07, 6.45) is 1.89. The molecule has 0 aliphatic carbocycles. The van der Waals surface area contributed by atoms with Crippen LogP contribution < -0.4 is 0 Å². The zero-order chi connectivity index (χ0) is 16.6. The fourth-order valence-corrected chi connectivity index (χ4v) is 4.80. The highest BCUT2D eigenvalue weighted by molar-refractivity contribution is 7.89. The van der Waals surface area contributed by atoms with Crippen molar-refractivity contribution in [2.45, 2.75) is 24.3 Å². The van der Waals surface area contributed by atoms with Gasteiger partial charge >= 0.3 is 0 Å². The van der Waals surface area contributed by atoms with Crippen molar-refractivity contribution in [2.75, 3.05) is 20.3 Å². The van der Waals surface area contributed by atoms with E-state index < -0.39 is 10.0 Å². The standard InChI is InChI=1S/C16H21N3O3S/c1-12-6-4-5-7-15(12)23(20,21)19-9-13-8-18(2)17-16(13)14(10-19)11-22-3/h4-8,14H,9-11H2,1-3H3/t14-/m1/s1. The third-order valence-corrected chi connectivity index (χ3v) is 6.15. The van der Waals surface area contributed by atoms with Gasteiger partial charge < -0.3 is 4.74 Å². The van der Waals surface area contributed by atoms with E-state index in [2.05, 4.69) is 5.10 Å². The molecule has 1 aromatic heterocycles. The Balaban J connectivity index is 2.00. The molecule has 2 aromatic rings. The van der Waals surface area contributed by atoms with Crippen LogP contribution in [0.4, 0.5) is 0 Å². The molecule has 0 spiro atoms. The molecule has 7 heteroatoms. The van der Waals surface area contributed by atoms with Gasteiger partial charge in [-0.25, -0.2) is 8.42 Å². The summed E-state index contributed by atoms with van der Waals surface area (Å²) in [6, 6.07) is 7.08. The zero-order valence-electron chi connectivity index (χ0n) is 13.6. The molecule has 6 nitrogen and oxygen atoms in total. The summed E-state index contributed by atoms with van der Waals surface area (Å²) in [5, 5.41) is 4.47. The van der Waals surface area contributed by atoms with Crippen LogP contribution in [0.25, 0.3) is 0 Å². The van der Waals surface area contributed by atoms with Gasteiger partial charge in [0.15, 0.2) is 0 Å². The van der Waals surface area contributed by atoms with Crippen molar-refractivity contribution in [1.82, 2.24) is 14.1 Å². The fraction of sp³-hybridized carbons (Fsp3) is 0.438. The number of methoxy groups -OCH3 is 1. The summed E-state index contributed by atoms with van der Waals surface area (Å²) in [4.78, 5) is 0.364. The predicted molar refractivity (Wildman–Crippen MR) is 86.6 cm³/mol. The number of aryl methyl sites for hydroxylation is 2. The van der Waals surface area contributed by atoms with Crippen molar-refractivity contribution >= 4 is 10.0 Å². The van der Waals surface area contributed by atoms with Crippen LogP contribution in [0.15, 0.2) is 35.4 Å². The molecule has 0 bridgehead atoms. The first-order valence-corrected chi connectivity index (χ1v) is 8.94. The molecule has 0 N–H and O–H groups in total. The lowest BCUT2D eigenvalue weighted by molar-refractivity contribution is 0.161. The van der Waals surface area contributed by atoms with E-state index in [1.165, 1.54) is 4.31 Å². The Morgan fingerprint density at radius 1 is 1.35 bits per heavy atom. The van der Waals surface area contributed by atoms with Crippen LogP contribution in [0.1, 0.15) is 22.7 Å². The summed E-state index contributed by atoms with van der Waals surface area (Å²) in [7, 11) is -0.0647. The lowest BCUT2D eigenvalue weighted by Gasteiger charge is -2.31. The van der Waals surface area contributed by atoms with Crippen LogP contribution >= 0.6 is 0 Å². The van der Waals surface area contributed by atoms with Gasteiger partial charge in [0.2, 0.25) is 10.0 Å². The minimum Gasteiger partial charge on any atom is -0.384 e. The van der Waals surface area contributed by atoms with Crippen molar-refractivity contribution in [1.29, 1.82) is 0 Å². The van der Waals surface area contributed by atoms with Gasteiger partial charge in [0.25, 0.3) is 0 Å². The van der Waals surface area contributed by atoms with Gasteiger partial charge in [0, 0.05) is 44.9 Å². The van der Waals surface area contributed by atoms with Crippen LogP contribution in [0, 0.1) is 6.92 Å². The van der Waals surface area contributed by atoms with Crippen LogP contribution in [0.3, 0.4) is 0 Å². The minimum absolute atomic E-state index is 0.0521. The number of hydrogen-bond donors (Lipinski definition) is 0. The van der Waals surface area contributed by atoms with Crippen molar-refractivity contribution in [3.05, 3.63) is 47.3 Å². The highest BCUT2D eigenvalue weighted by atomic mass is 32.2. The van der Waals surface area contributed by atoms with Crippen molar-refractivity contribution in [3.8, 4) is 0 Å². The number of sulfonamides is 1. The number of ether oxygens (including phenoxy) is 1. The van der Waals surface area contributed by atoms with E-state index >= 15 is 0 Å². The normalized spacial score (nSPS) is 18.8. The molecule has 1 atom stereocenters. The maximum absolute atomic E-state index is 13.0. The molecular weight excluding hydrogens is 314 g/mol. The van der Waals surface area contributed by atoms with Gasteiger partial charge in [-0.1, -0.05) is 18.2 Å². The second-order valence-electron chi connectivity index (χ2n) is 5.93. The maximum atomic E-state index is 13.0. The van der Waals surface area contributed by atoms with E-state index in [0.29, 0.717) is 24.6 Å². The lowest BCUT2D eigenvalue weighted by atomic mass is 9.99. The first-order valence-electron chi connectivity index (χ1n) is 7.50. The van der Waals surface area contributed by atoms with Crippen molar-refractivity contribution in [2.24, 2.45) is 7.05 Å². The number of benzene rings is 1. The number of rotatable bonds is 4. The van der Waals surface area contributed by atoms with Gasteiger partial charge in [-0.2, -0.15) is 9.40 Å². The highest BCUT2D eigenvalue weighted by Crippen LogP contribution is 2.31. The second-order valence-corrected chi connectivity index (χ2v) is 7.83. The third kappa shape index (κ3) is 2.91. The number of nitrogens with zero attached hydrogens (tertiary/aromatic N) is 3. The first kappa shape index (κ1) is 16.2. The molecule has 1 aliphatic heterocycles. The van der Waals surface area contributed by atoms with Crippen LogP contribution in [-0.2, 0) is 28.4 Å². The maximum Gasteiger partial charge on any atom is 0.243 e. The molecule has 0 saturated heterocycles. The molecule has 3 rings (SSSR count). The number of aromatic nitrogens is 2. The first-order chi connectivity index (χ1) is 10.9. The Morgan fingerprint density at radius 3 is 2.78 bits per heavy atom. The number of fused-ring (bicyclic) bond motifs is 1. The molecule has 0 radical (unpaired) electrons. The van der Waals surface area contributed by atoms with E-state index in [0.717, 1.165) is 16.8 Å². The molecule has 0 saturated carbocycles. The van der Waals surface area contributed by atoms with Gasteiger partial charge in [-0.05, 0) is 18.6 Å². The molecule has 23 heavy (non-hydrogen) atoms. The molecule has 1 aliphatic rings. The quantitative estimate of drug-likeness (QED) is 0.852. The van der Waals surface area contributed by atoms with Gasteiger partial charge in [-0.15, -0.1) is 0 Å². The van der Waals surface area contributed by atoms with E-state index in [-0.39, 0.29) is 5.92 Å². The molecular formula is C16H21N3O3S. The molecule has 0 amide bonds. The summed E-state index contributed by atoms with van der Waals surface area (Å²) in [5.41, 5.74) is 2.64. The lowest BCUT2D eigenvalue weighted by Crippen LogP contribution is -2.39. The average Bonchev–Trinajstić information content (AvgIpc) is 2.88. The van der Waals surface area contributed by atoms with E-state index in [1.54, 1.807) is 23.9 Å². The van der Waals surface area contributed by atoms with E-state index in [9.17, 15) is 8.42 Å². The predicted octanol–water partition coefficient (Wildman–Crippen LogP) is 1.66. The Labute approximate surface area is 136 Å². The van der Waals surface area contributed by atoms with Gasteiger partial charge in [0.05, 0.1) is 17.2 Å². The molecule has 2 heterocycles. The number of hydrogen-bond acceptors (Lipinski definition) is 4. The van der Waals surface area contributed by atoms with Crippen LogP contribution in [-0.4, -0.2) is 42.8 Å². The molecule has 0 fully saturated rings. The van der Waals surface area contributed by atoms with Crippen molar-refractivity contribution < 1.29 is 13.2 Å². The third-order valence-electron chi connectivity index (χ3n) is 4.17. The Bertz CT molecular complexity index is 814. The largest absolute Gasteiger partial charge is 0.384 e. The van der Waals surface area contributed by atoms with E-state index in [4.69, 9.17) is 4.74 Å². The van der Waals surface area contributed by atoms with Crippen LogP contribution in [0.5, 0.6) is 0 Å². The van der Waals surface area contributed by atoms with Crippen molar-refractivity contribution in [3.63, 3.8) is 0 Å². The summed E-state index contributed by atoms with van der Waals surface area (Å²) in [5.74, 6) is -0.0521. The molecule has 124 valence electrons. The second kappa shape index (κ2) is 6.07. The Kier molecular flexibility index (Phi) is 4.27. The fourth-order valence-electron chi connectivity index (χ4n) is 3.11.